The van der Waals surface area contributed by atoms with Gasteiger partial charge in [0.2, 0.25) is 5.78 Å². The van der Waals surface area contributed by atoms with E-state index in [1.165, 1.54) is 13.1 Å². The van der Waals surface area contributed by atoms with Gasteiger partial charge in [0.05, 0.1) is 18.7 Å². The maximum absolute atomic E-state index is 11.5. The van der Waals surface area contributed by atoms with E-state index in [9.17, 15) is 14.4 Å². The highest BCUT2D eigenvalue weighted by Crippen LogP contribution is 2.07. The first-order valence-electron chi connectivity index (χ1n) is 5.21. The predicted molar refractivity (Wildman–Crippen MR) is 59.6 cm³/mol. The van der Waals surface area contributed by atoms with E-state index in [0.717, 1.165) is 0 Å². The summed E-state index contributed by atoms with van der Waals surface area (Å²) in [7, 11) is 0. The molecule has 0 spiro atoms. The third-order valence-corrected chi connectivity index (χ3v) is 2.10. The number of hydrogen-bond acceptors (Lipinski definition) is 5. The van der Waals surface area contributed by atoms with Crippen LogP contribution in [-0.2, 0) is 20.7 Å². The van der Waals surface area contributed by atoms with Crippen molar-refractivity contribution in [3.05, 3.63) is 29.6 Å². The summed E-state index contributed by atoms with van der Waals surface area (Å²) in [6.07, 6.45) is 1.26. The molecule has 0 amide bonds. The molecule has 0 unspecified atom stereocenters. The Morgan fingerprint density at radius 2 is 2.06 bits per heavy atom. The van der Waals surface area contributed by atoms with E-state index in [0.29, 0.717) is 11.3 Å². The highest BCUT2D eigenvalue weighted by molar-refractivity contribution is 6.34. The van der Waals surface area contributed by atoms with Crippen molar-refractivity contribution < 1.29 is 19.1 Å². The highest BCUT2D eigenvalue weighted by atomic mass is 16.5. The molecule has 0 saturated carbocycles. The van der Waals surface area contributed by atoms with Crippen molar-refractivity contribution in [2.24, 2.45) is 0 Å². The fraction of sp³-hybridized carbons (Fsp3) is 0.333. The number of Topliss-reactive ketones (excluding diaryl/α,β-unsaturated/α-hetero) is 2. The lowest BCUT2D eigenvalue weighted by Crippen LogP contribution is -2.21. The SMILES string of the molecule is CCOC(=O)C(=O)Cc1ncccc1C(C)=O. The van der Waals surface area contributed by atoms with Crippen LogP contribution in [-0.4, -0.2) is 29.1 Å². The van der Waals surface area contributed by atoms with Crippen molar-refractivity contribution in [3.63, 3.8) is 0 Å². The molecule has 0 radical (unpaired) electrons. The molecule has 0 aliphatic heterocycles. The molecule has 0 aromatic carbocycles. The summed E-state index contributed by atoms with van der Waals surface area (Å²) in [6.45, 7) is 3.15. The van der Waals surface area contributed by atoms with Crippen LogP contribution < -0.4 is 0 Å². The number of ketones is 2. The summed E-state index contributed by atoms with van der Waals surface area (Å²) < 4.78 is 4.58. The van der Waals surface area contributed by atoms with Crippen molar-refractivity contribution >= 4 is 17.5 Å². The summed E-state index contributed by atoms with van der Waals surface area (Å²) in [5, 5.41) is 0. The quantitative estimate of drug-likeness (QED) is 0.431. The van der Waals surface area contributed by atoms with Gasteiger partial charge in [0.15, 0.2) is 5.78 Å². The Hall–Kier alpha value is -2.04. The van der Waals surface area contributed by atoms with Crippen molar-refractivity contribution in [2.75, 3.05) is 6.61 Å². The molecule has 5 heteroatoms. The number of carbonyl (C=O) groups excluding carboxylic acids is 3. The van der Waals surface area contributed by atoms with Crippen molar-refractivity contribution in [3.8, 4) is 0 Å². The Bertz CT molecular complexity index is 454. The first kappa shape index (κ1) is 13.0. The van der Waals surface area contributed by atoms with E-state index in [-0.39, 0.29) is 18.8 Å². The molecule has 0 fully saturated rings. The molecule has 1 aromatic rings. The maximum Gasteiger partial charge on any atom is 0.375 e. The topological polar surface area (TPSA) is 73.3 Å². The molecule has 1 heterocycles. The van der Waals surface area contributed by atoms with Crippen LogP contribution >= 0.6 is 0 Å². The summed E-state index contributed by atoms with van der Waals surface area (Å²) in [5.74, 6) is -1.79. The van der Waals surface area contributed by atoms with E-state index in [4.69, 9.17) is 0 Å². The Kier molecular flexibility index (Phi) is 4.51. The van der Waals surface area contributed by atoms with Crippen LogP contribution in [0.25, 0.3) is 0 Å². The maximum atomic E-state index is 11.5. The molecule has 0 atom stereocenters. The lowest BCUT2D eigenvalue weighted by Gasteiger charge is -2.04. The second-order valence-electron chi connectivity index (χ2n) is 3.37. The van der Waals surface area contributed by atoms with Gasteiger partial charge in [-0.1, -0.05) is 0 Å². The van der Waals surface area contributed by atoms with Crippen molar-refractivity contribution in [1.82, 2.24) is 4.98 Å². The van der Waals surface area contributed by atoms with Gasteiger partial charge in [0.25, 0.3) is 0 Å². The van der Waals surface area contributed by atoms with Crippen LogP contribution in [0, 0.1) is 0 Å². The van der Waals surface area contributed by atoms with Gasteiger partial charge in [-0.15, -0.1) is 0 Å². The van der Waals surface area contributed by atoms with Gasteiger partial charge < -0.3 is 4.74 Å². The fourth-order valence-electron chi connectivity index (χ4n) is 1.34. The summed E-state index contributed by atoms with van der Waals surface area (Å²) in [5.41, 5.74) is 0.656. The third kappa shape index (κ3) is 3.48. The lowest BCUT2D eigenvalue weighted by molar-refractivity contribution is -0.153. The molecule has 1 rings (SSSR count). The van der Waals surface area contributed by atoms with Crippen LogP contribution in [0.15, 0.2) is 18.3 Å². The van der Waals surface area contributed by atoms with Crippen molar-refractivity contribution in [1.29, 1.82) is 0 Å². The summed E-state index contributed by atoms with van der Waals surface area (Å²) in [4.78, 5) is 37.8. The molecule has 0 bridgehead atoms. The largest absolute Gasteiger partial charge is 0.460 e. The van der Waals surface area contributed by atoms with Gasteiger partial charge in [-0.05, 0) is 26.0 Å². The average Bonchev–Trinajstić information content (AvgIpc) is 2.29. The molecular formula is C12H13NO4. The molecular weight excluding hydrogens is 222 g/mol. The van der Waals surface area contributed by atoms with E-state index in [1.807, 2.05) is 0 Å². The van der Waals surface area contributed by atoms with Gasteiger partial charge >= 0.3 is 5.97 Å². The monoisotopic (exact) mass is 235 g/mol. The minimum absolute atomic E-state index is 0.145. The summed E-state index contributed by atoms with van der Waals surface area (Å²) in [6, 6.07) is 3.18. The second kappa shape index (κ2) is 5.89. The van der Waals surface area contributed by atoms with E-state index >= 15 is 0 Å². The van der Waals surface area contributed by atoms with Crippen molar-refractivity contribution in [2.45, 2.75) is 20.3 Å². The van der Waals surface area contributed by atoms with Crippen LogP contribution in [0.3, 0.4) is 0 Å². The minimum atomic E-state index is -0.896. The van der Waals surface area contributed by atoms with Crippen LogP contribution in [0.2, 0.25) is 0 Å². The van der Waals surface area contributed by atoms with Gasteiger partial charge in [0, 0.05) is 11.8 Å². The molecule has 1 aromatic heterocycles. The number of hydrogen-bond donors (Lipinski definition) is 0. The first-order valence-corrected chi connectivity index (χ1v) is 5.21. The smallest absolute Gasteiger partial charge is 0.375 e. The average molecular weight is 235 g/mol. The van der Waals surface area contributed by atoms with Gasteiger partial charge in [-0.2, -0.15) is 0 Å². The molecule has 17 heavy (non-hydrogen) atoms. The number of rotatable bonds is 5. The normalized spacial score (nSPS) is 9.76. The Morgan fingerprint density at radius 1 is 1.35 bits per heavy atom. The number of pyridine rings is 1. The Morgan fingerprint density at radius 3 is 2.65 bits per heavy atom. The second-order valence-corrected chi connectivity index (χ2v) is 3.37. The number of aromatic nitrogens is 1. The zero-order valence-corrected chi connectivity index (χ0v) is 9.73. The number of nitrogens with zero attached hydrogens (tertiary/aromatic N) is 1. The Balaban J connectivity index is 2.85. The lowest BCUT2D eigenvalue weighted by atomic mass is 10.1. The fourth-order valence-corrected chi connectivity index (χ4v) is 1.34. The van der Waals surface area contributed by atoms with E-state index < -0.39 is 11.8 Å². The molecule has 0 N–H and O–H groups in total. The third-order valence-electron chi connectivity index (χ3n) is 2.10. The number of carbonyl (C=O) groups is 3. The highest BCUT2D eigenvalue weighted by Gasteiger charge is 2.18. The van der Waals surface area contributed by atoms with E-state index in [1.54, 1.807) is 19.1 Å². The number of esters is 1. The standard InChI is InChI=1S/C12H13NO4/c1-3-17-12(16)11(15)7-10-9(8(2)14)5-4-6-13-10/h4-6H,3,7H2,1-2H3. The Labute approximate surface area is 98.8 Å². The van der Waals surface area contributed by atoms with E-state index in [2.05, 4.69) is 9.72 Å². The molecule has 90 valence electrons. The first-order chi connectivity index (χ1) is 8.06. The zero-order valence-electron chi connectivity index (χ0n) is 9.73. The predicted octanol–water partition coefficient (Wildman–Crippen LogP) is 0.959. The van der Waals surface area contributed by atoms with Crippen LogP contribution in [0.4, 0.5) is 0 Å². The molecule has 0 aliphatic carbocycles. The minimum Gasteiger partial charge on any atom is -0.460 e. The van der Waals surface area contributed by atoms with Gasteiger partial charge in [-0.25, -0.2) is 4.79 Å². The van der Waals surface area contributed by atoms with Gasteiger partial charge in [0.1, 0.15) is 0 Å². The molecule has 0 saturated heterocycles. The molecule has 5 nitrogen and oxygen atoms in total. The van der Waals surface area contributed by atoms with Gasteiger partial charge in [-0.3, -0.25) is 14.6 Å². The zero-order chi connectivity index (χ0) is 12.8. The van der Waals surface area contributed by atoms with Crippen LogP contribution in [0.1, 0.15) is 29.9 Å². The number of ether oxygens (including phenoxy) is 1. The molecule has 0 aliphatic rings. The van der Waals surface area contributed by atoms with Crippen LogP contribution in [0.5, 0.6) is 0 Å². The summed E-state index contributed by atoms with van der Waals surface area (Å²) >= 11 is 0.